The maximum Gasteiger partial charge on any atom is 0.252 e. The Labute approximate surface area is 103 Å². The third-order valence-electron chi connectivity index (χ3n) is 2.98. The summed E-state index contributed by atoms with van der Waals surface area (Å²) < 4.78 is 37.0. The van der Waals surface area contributed by atoms with Gasteiger partial charge in [0, 0.05) is 35.4 Å². The zero-order chi connectivity index (χ0) is 13.2. The van der Waals surface area contributed by atoms with Gasteiger partial charge in [-0.1, -0.05) is 6.92 Å². The molecule has 100 valence electrons. The van der Waals surface area contributed by atoms with Crippen molar-refractivity contribution >= 4 is 16.7 Å². The fraction of sp³-hybridized carbons (Fsp3) is 0.909. The molecule has 1 aliphatic heterocycles. The van der Waals surface area contributed by atoms with E-state index in [2.05, 4.69) is 0 Å². The summed E-state index contributed by atoms with van der Waals surface area (Å²) in [4.78, 5) is 13.4. The van der Waals surface area contributed by atoms with Crippen LogP contribution in [0.2, 0.25) is 0 Å². The average molecular weight is 267 g/mol. The fourth-order valence-electron chi connectivity index (χ4n) is 1.82. The van der Waals surface area contributed by atoms with Crippen molar-refractivity contribution in [1.82, 2.24) is 4.90 Å². The zero-order valence-corrected chi connectivity index (χ0v) is 11.2. The zero-order valence-electron chi connectivity index (χ0n) is 10.4. The van der Waals surface area contributed by atoms with E-state index in [1.165, 1.54) is 18.7 Å². The van der Waals surface area contributed by atoms with Gasteiger partial charge in [0.05, 0.1) is 0 Å². The Morgan fingerprint density at radius 2 is 2.06 bits per heavy atom. The Morgan fingerprint density at radius 3 is 2.59 bits per heavy atom. The van der Waals surface area contributed by atoms with E-state index in [9.17, 15) is 17.8 Å². The van der Waals surface area contributed by atoms with Crippen LogP contribution in [0.3, 0.4) is 0 Å². The van der Waals surface area contributed by atoms with Gasteiger partial charge in [-0.3, -0.25) is 9.00 Å². The van der Waals surface area contributed by atoms with E-state index in [1.807, 2.05) is 6.92 Å². The van der Waals surface area contributed by atoms with Crippen molar-refractivity contribution < 1.29 is 17.8 Å². The lowest BCUT2D eigenvalue weighted by Gasteiger charge is -2.31. The first-order valence-electron chi connectivity index (χ1n) is 5.67. The van der Waals surface area contributed by atoms with Crippen molar-refractivity contribution in [1.29, 1.82) is 0 Å². The lowest BCUT2D eigenvalue weighted by molar-refractivity contribution is -0.149. The quantitative estimate of drug-likeness (QED) is 0.760. The number of carbonyl (C=O) groups is 1. The van der Waals surface area contributed by atoms with E-state index in [-0.39, 0.29) is 5.92 Å². The molecule has 0 radical (unpaired) electrons. The van der Waals surface area contributed by atoms with E-state index < -0.39 is 28.5 Å². The Morgan fingerprint density at radius 1 is 1.47 bits per heavy atom. The third kappa shape index (κ3) is 3.47. The predicted octanol–water partition coefficient (Wildman–Crippen LogP) is 1.50. The van der Waals surface area contributed by atoms with Gasteiger partial charge >= 0.3 is 0 Å². The smallest absolute Gasteiger partial charge is 0.252 e. The third-order valence-corrected chi connectivity index (χ3v) is 4.55. The number of alkyl halides is 2. The molecule has 0 aromatic rings. The van der Waals surface area contributed by atoms with Gasteiger partial charge in [-0.05, 0) is 19.8 Å². The molecule has 0 saturated carbocycles. The summed E-state index contributed by atoms with van der Waals surface area (Å²) in [5, 5.41) is 0. The summed E-state index contributed by atoms with van der Waals surface area (Å²) in [6.45, 7) is 5.13. The van der Waals surface area contributed by atoms with Crippen molar-refractivity contribution in [2.45, 2.75) is 27.2 Å². The first-order chi connectivity index (χ1) is 7.75. The maximum atomic E-state index is 12.8. The molecule has 0 spiro atoms. The average Bonchev–Trinajstić information content (AvgIpc) is 2.38. The first kappa shape index (κ1) is 14.5. The van der Waals surface area contributed by atoms with Crippen molar-refractivity contribution in [2.75, 3.05) is 24.6 Å². The van der Waals surface area contributed by atoms with Crippen LogP contribution in [0.1, 0.15) is 20.8 Å². The molecular weight excluding hydrogens is 248 g/mol. The Kier molecular flexibility index (Phi) is 4.63. The molecule has 0 unspecified atom stereocenters. The normalized spacial score (nSPS) is 27.1. The second kappa shape index (κ2) is 5.42. The van der Waals surface area contributed by atoms with Gasteiger partial charge in [0.2, 0.25) is 5.91 Å². The number of hydrogen-bond acceptors (Lipinski definition) is 2. The predicted molar refractivity (Wildman–Crippen MR) is 63.4 cm³/mol. The van der Waals surface area contributed by atoms with E-state index in [1.54, 1.807) is 0 Å². The van der Waals surface area contributed by atoms with Gasteiger partial charge in [0.1, 0.15) is 5.41 Å². The summed E-state index contributed by atoms with van der Waals surface area (Å²) in [5.74, 6) is 0.475. The summed E-state index contributed by atoms with van der Waals surface area (Å²) in [6.07, 6.45) is -2.68. The largest absolute Gasteiger partial charge is 0.341 e. The van der Waals surface area contributed by atoms with Crippen molar-refractivity contribution in [3.63, 3.8) is 0 Å². The molecule has 0 aliphatic carbocycles. The number of halogens is 2. The maximum absolute atomic E-state index is 12.8. The van der Waals surface area contributed by atoms with Crippen molar-refractivity contribution in [3.8, 4) is 0 Å². The number of hydrogen-bond donors (Lipinski definition) is 0. The highest BCUT2D eigenvalue weighted by Crippen LogP contribution is 2.28. The van der Waals surface area contributed by atoms with Gasteiger partial charge in [0.15, 0.2) is 0 Å². The van der Waals surface area contributed by atoms with Crippen LogP contribution in [0.15, 0.2) is 0 Å². The summed E-state index contributed by atoms with van der Waals surface area (Å²) in [6, 6.07) is 0. The minimum atomic E-state index is -2.68. The Hall–Kier alpha value is -0.520. The molecular formula is C11H19F2NO2S. The molecule has 0 bridgehead atoms. The molecule has 0 aromatic heterocycles. The van der Waals surface area contributed by atoms with Crippen LogP contribution in [0.25, 0.3) is 0 Å². The summed E-state index contributed by atoms with van der Waals surface area (Å²) >= 11 is 0. The number of carbonyl (C=O) groups excluding carboxylic acids is 1. The van der Waals surface area contributed by atoms with Crippen LogP contribution in [0.5, 0.6) is 0 Å². The van der Waals surface area contributed by atoms with E-state index >= 15 is 0 Å². The summed E-state index contributed by atoms with van der Waals surface area (Å²) in [5.41, 5.74) is -1.66. The first-order valence-corrected chi connectivity index (χ1v) is 7.16. The summed E-state index contributed by atoms with van der Waals surface area (Å²) in [7, 11) is -0.944. The Balaban J connectivity index is 2.78. The van der Waals surface area contributed by atoms with E-state index in [0.29, 0.717) is 24.6 Å². The minimum absolute atomic E-state index is 0.0933. The van der Waals surface area contributed by atoms with Crippen LogP contribution in [0.4, 0.5) is 8.78 Å². The minimum Gasteiger partial charge on any atom is -0.341 e. The van der Waals surface area contributed by atoms with Crippen molar-refractivity contribution in [3.05, 3.63) is 0 Å². The van der Waals surface area contributed by atoms with Crippen molar-refractivity contribution in [2.24, 2.45) is 11.3 Å². The molecule has 3 nitrogen and oxygen atoms in total. The van der Waals surface area contributed by atoms with Crippen LogP contribution < -0.4 is 0 Å². The van der Waals surface area contributed by atoms with Crippen LogP contribution >= 0.6 is 0 Å². The van der Waals surface area contributed by atoms with E-state index in [0.717, 1.165) is 0 Å². The molecule has 0 aromatic carbocycles. The number of nitrogens with zero attached hydrogens (tertiary/aromatic N) is 1. The molecule has 1 saturated heterocycles. The highest BCUT2D eigenvalue weighted by Gasteiger charge is 2.41. The highest BCUT2D eigenvalue weighted by atomic mass is 32.2. The second-order valence-corrected chi connectivity index (χ2v) is 6.81. The van der Waals surface area contributed by atoms with Gasteiger partial charge in [-0.25, -0.2) is 8.78 Å². The Bertz CT molecular complexity index is 321. The van der Waals surface area contributed by atoms with E-state index in [4.69, 9.17) is 0 Å². The van der Waals surface area contributed by atoms with Gasteiger partial charge in [-0.15, -0.1) is 0 Å². The molecule has 1 aliphatic rings. The molecule has 1 fully saturated rings. The monoisotopic (exact) mass is 267 g/mol. The van der Waals surface area contributed by atoms with Crippen LogP contribution in [-0.2, 0) is 15.6 Å². The van der Waals surface area contributed by atoms with Gasteiger partial charge < -0.3 is 4.90 Å². The molecule has 1 rings (SSSR count). The molecule has 2 atom stereocenters. The lowest BCUT2D eigenvalue weighted by atomic mass is 9.92. The highest BCUT2D eigenvalue weighted by molar-refractivity contribution is 7.85. The number of amides is 1. The van der Waals surface area contributed by atoms with Crippen LogP contribution in [-0.4, -0.2) is 46.0 Å². The molecule has 1 amide bonds. The molecule has 6 heteroatoms. The fourth-order valence-corrected chi connectivity index (χ4v) is 3.15. The topological polar surface area (TPSA) is 37.4 Å². The number of rotatable bonds is 2. The molecule has 1 heterocycles. The standard InChI is InChI=1S/C11H19F2NO2S/c1-8-6-14(4-5-17(16)7-8)10(15)11(2,3)9(12)13/h8-9H,4-7H2,1-3H3/t8-,17+/m1/s1. The second-order valence-electron chi connectivity index (χ2n) is 5.19. The lowest BCUT2D eigenvalue weighted by Crippen LogP contribution is -2.46. The van der Waals surface area contributed by atoms with Gasteiger partial charge in [0.25, 0.3) is 6.43 Å². The molecule has 17 heavy (non-hydrogen) atoms. The van der Waals surface area contributed by atoms with Gasteiger partial charge in [-0.2, -0.15) is 0 Å². The molecule has 0 N–H and O–H groups in total. The SMILES string of the molecule is C[C@@H]1CN(C(=O)C(C)(C)C(F)F)CC[S@](=O)C1. The van der Waals surface area contributed by atoms with Crippen LogP contribution in [0, 0.1) is 11.3 Å².